The number of ether oxygens (including phenoxy) is 1. The minimum Gasteiger partial charge on any atom is -0.497 e. The van der Waals surface area contributed by atoms with Crippen molar-refractivity contribution in [1.29, 1.82) is 0 Å². The zero-order chi connectivity index (χ0) is 13.9. The number of hydrogen-bond donors (Lipinski definition) is 1. The number of nitrogens with zero attached hydrogens (tertiary/aromatic N) is 2. The van der Waals surface area contributed by atoms with Crippen LogP contribution in [0.4, 0.5) is 0 Å². The van der Waals surface area contributed by atoms with Gasteiger partial charge in [0.05, 0.1) is 12.8 Å². The Morgan fingerprint density at radius 2 is 2.15 bits per heavy atom. The zero-order valence-corrected chi connectivity index (χ0v) is 12.4. The highest BCUT2D eigenvalue weighted by Gasteiger charge is 2.07. The average molecular weight is 287 g/mol. The molecule has 0 bridgehead atoms. The van der Waals surface area contributed by atoms with E-state index < -0.39 is 0 Å². The Labute approximate surface area is 122 Å². The topological polar surface area (TPSA) is 38.6 Å². The highest BCUT2D eigenvalue weighted by Crippen LogP contribution is 2.18. The summed E-state index contributed by atoms with van der Waals surface area (Å²) in [4.78, 5) is 5.61. The first-order valence-electron chi connectivity index (χ1n) is 6.54. The Morgan fingerprint density at radius 1 is 1.35 bits per heavy atom. The van der Waals surface area contributed by atoms with Gasteiger partial charge >= 0.3 is 0 Å². The number of hydrogen-bond acceptors (Lipinski definition) is 4. The molecule has 0 saturated carbocycles. The summed E-state index contributed by atoms with van der Waals surface area (Å²) in [5, 5.41) is 5.53. The van der Waals surface area contributed by atoms with Crippen molar-refractivity contribution in [2.75, 3.05) is 7.11 Å². The van der Waals surface area contributed by atoms with Crippen LogP contribution in [-0.2, 0) is 6.54 Å². The molecule has 3 aromatic rings. The van der Waals surface area contributed by atoms with Gasteiger partial charge in [-0.2, -0.15) is 0 Å². The lowest BCUT2D eigenvalue weighted by molar-refractivity contribution is 0.414. The molecule has 0 amide bonds. The van der Waals surface area contributed by atoms with Crippen molar-refractivity contribution in [3.05, 3.63) is 53.3 Å². The van der Waals surface area contributed by atoms with E-state index in [4.69, 9.17) is 4.74 Å². The fourth-order valence-corrected chi connectivity index (χ4v) is 2.85. The van der Waals surface area contributed by atoms with E-state index in [-0.39, 0.29) is 6.04 Å². The molecule has 0 fully saturated rings. The van der Waals surface area contributed by atoms with E-state index in [1.165, 1.54) is 5.56 Å². The lowest BCUT2D eigenvalue weighted by Crippen LogP contribution is -2.18. The van der Waals surface area contributed by atoms with Gasteiger partial charge in [-0.05, 0) is 24.6 Å². The van der Waals surface area contributed by atoms with Crippen LogP contribution >= 0.6 is 11.3 Å². The number of rotatable bonds is 5. The van der Waals surface area contributed by atoms with Crippen molar-refractivity contribution >= 4 is 16.3 Å². The van der Waals surface area contributed by atoms with Crippen LogP contribution in [0.1, 0.15) is 24.2 Å². The molecule has 0 unspecified atom stereocenters. The maximum absolute atomic E-state index is 5.17. The van der Waals surface area contributed by atoms with E-state index in [1.54, 1.807) is 18.4 Å². The first-order chi connectivity index (χ1) is 9.76. The highest BCUT2D eigenvalue weighted by atomic mass is 32.1. The predicted octanol–water partition coefficient (Wildman–Crippen LogP) is 3.26. The number of fused-ring (bicyclic) bond motifs is 1. The van der Waals surface area contributed by atoms with E-state index >= 15 is 0 Å². The molecule has 0 saturated heterocycles. The van der Waals surface area contributed by atoms with Crippen LogP contribution in [0, 0.1) is 0 Å². The maximum Gasteiger partial charge on any atom is 0.193 e. The van der Waals surface area contributed by atoms with Crippen LogP contribution in [0.2, 0.25) is 0 Å². The van der Waals surface area contributed by atoms with Crippen LogP contribution in [0.25, 0.3) is 4.96 Å². The third-order valence-corrected chi connectivity index (χ3v) is 4.12. The molecule has 0 aliphatic rings. The summed E-state index contributed by atoms with van der Waals surface area (Å²) in [6, 6.07) is 8.42. The Bertz CT molecular complexity index is 658. The predicted molar refractivity (Wildman–Crippen MR) is 81.3 cm³/mol. The van der Waals surface area contributed by atoms with Crippen LogP contribution in [-0.4, -0.2) is 16.5 Å². The van der Waals surface area contributed by atoms with E-state index in [0.717, 1.165) is 22.9 Å². The average Bonchev–Trinajstić information content (AvgIpc) is 3.06. The van der Waals surface area contributed by atoms with Crippen molar-refractivity contribution < 1.29 is 4.74 Å². The molecule has 4 nitrogen and oxygen atoms in total. The summed E-state index contributed by atoms with van der Waals surface area (Å²) >= 11 is 1.65. The fraction of sp³-hybridized carbons (Fsp3) is 0.267. The van der Waals surface area contributed by atoms with E-state index in [9.17, 15) is 0 Å². The minimum atomic E-state index is 0.278. The van der Waals surface area contributed by atoms with Gasteiger partial charge < -0.3 is 10.1 Å². The third kappa shape index (κ3) is 2.69. The van der Waals surface area contributed by atoms with Gasteiger partial charge in [0.1, 0.15) is 5.75 Å². The number of aromatic nitrogens is 2. The molecule has 0 aliphatic heterocycles. The van der Waals surface area contributed by atoms with Gasteiger partial charge in [0, 0.05) is 30.4 Å². The van der Waals surface area contributed by atoms with Gasteiger partial charge in [-0.25, -0.2) is 4.98 Å². The van der Waals surface area contributed by atoms with E-state index in [1.807, 2.05) is 23.7 Å². The van der Waals surface area contributed by atoms with Gasteiger partial charge in [-0.3, -0.25) is 4.40 Å². The van der Waals surface area contributed by atoms with Gasteiger partial charge in [0.25, 0.3) is 0 Å². The van der Waals surface area contributed by atoms with Gasteiger partial charge in [-0.15, -0.1) is 11.3 Å². The zero-order valence-electron chi connectivity index (χ0n) is 11.5. The lowest BCUT2D eigenvalue weighted by Gasteiger charge is -2.13. The van der Waals surface area contributed by atoms with E-state index in [0.29, 0.717) is 0 Å². The van der Waals surface area contributed by atoms with Crippen molar-refractivity contribution in [3.63, 3.8) is 0 Å². The smallest absolute Gasteiger partial charge is 0.193 e. The second-order valence-electron chi connectivity index (χ2n) is 4.70. The molecule has 2 heterocycles. The molecule has 1 N–H and O–H groups in total. The van der Waals surface area contributed by atoms with Crippen molar-refractivity contribution in [2.45, 2.75) is 19.5 Å². The Hall–Kier alpha value is -1.85. The number of imidazole rings is 1. The maximum atomic E-state index is 5.17. The van der Waals surface area contributed by atoms with Crippen molar-refractivity contribution in [2.24, 2.45) is 0 Å². The molecule has 0 radical (unpaired) electrons. The molecule has 1 atom stereocenters. The number of benzene rings is 1. The summed E-state index contributed by atoms with van der Waals surface area (Å²) in [5.41, 5.74) is 2.31. The second-order valence-corrected chi connectivity index (χ2v) is 5.57. The second kappa shape index (κ2) is 5.64. The monoisotopic (exact) mass is 287 g/mol. The molecular weight excluding hydrogens is 270 g/mol. The Morgan fingerprint density at radius 3 is 2.85 bits per heavy atom. The molecule has 3 rings (SSSR count). The molecule has 2 aromatic heterocycles. The fourth-order valence-electron chi connectivity index (χ4n) is 2.13. The largest absolute Gasteiger partial charge is 0.497 e. The van der Waals surface area contributed by atoms with Crippen LogP contribution < -0.4 is 10.1 Å². The van der Waals surface area contributed by atoms with Crippen LogP contribution in [0.15, 0.2) is 42.0 Å². The molecule has 0 spiro atoms. The normalized spacial score (nSPS) is 12.7. The van der Waals surface area contributed by atoms with Crippen molar-refractivity contribution in [1.82, 2.24) is 14.7 Å². The van der Waals surface area contributed by atoms with Gasteiger partial charge in [0.15, 0.2) is 4.96 Å². The molecule has 20 heavy (non-hydrogen) atoms. The quantitative estimate of drug-likeness (QED) is 0.783. The first kappa shape index (κ1) is 13.1. The molecule has 0 aliphatic carbocycles. The van der Waals surface area contributed by atoms with Gasteiger partial charge in [0.2, 0.25) is 0 Å². The SMILES string of the molecule is COc1ccc([C@H](C)NCc2cn3ccsc3n2)cc1. The summed E-state index contributed by atoms with van der Waals surface area (Å²) in [5.74, 6) is 0.885. The standard InChI is InChI=1S/C15H17N3OS/c1-11(12-3-5-14(19-2)6-4-12)16-9-13-10-18-7-8-20-15(18)17-13/h3-8,10-11,16H,9H2,1-2H3/t11-/m0/s1. The summed E-state index contributed by atoms with van der Waals surface area (Å²) < 4.78 is 7.23. The molecular formula is C15H17N3OS. The summed E-state index contributed by atoms with van der Waals surface area (Å²) in [6.07, 6.45) is 4.10. The molecule has 104 valence electrons. The minimum absolute atomic E-state index is 0.278. The third-order valence-electron chi connectivity index (χ3n) is 3.35. The van der Waals surface area contributed by atoms with Crippen LogP contribution in [0.5, 0.6) is 5.75 Å². The van der Waals surface area contributed by atoms with E-state index in [2.05, 4.69) is 40.0 Å². The summed E-state index contributed by atoms with van der Waals surface area (Å²) in [7, 11) is 1.68. The number of methoxy groups -OCH3 is 1. The Balaban J connectivity index is 1.63. The highest BCUT2D eigenvalue weighted by molar-refractivity contribution is 7.15. The lowest BCUT2D eigenvalue weighted by atomic mass is 10.1. The number of thiazole rings is 1. The molecule has 1 aromatic carbocycles. The van der Waals surface area contributed by atoms with Gasteiger partial charge in [-0.1, -0.05) is 12.1 Å². The molecule has 5 heteroatoms. The first-order valence-corrected chi connectivity index (χ1v) is 7.42. The Kier molecular flexibility index (Phi) is 3.71. The number of nitrogens with one attached hydrogen (secondary N) is 1. The summed E-state index contributed by atoms with van der Waals surface area (Å²) in [6.45, 7) is 2.92. The van der Waals surface area contributed by atoms with Crippen LogP contribution in [0.3, 0.4) is 0 Å². The van der Waals surface area contributed by atoms with Crippen molar-refractivity contribution in [3.8, 4) is 5.75 Å².